The van der Waals surface area contributed by atoms with Crippen molar-refractivity contribution in [3.8, 4) is 0 Å². The standard InChI is InChI=1S/C16H28OS/c1-2-13-7-6-8-14(11-13)16(17)12-18-15-9-4-3-5-10-15/h13-15H,2-12H2,1H3. The van der Waals surface area contributed by atoms with Gasteiger partial charge in [0.15, 0.2) is 0 Å². The molecular formula is C16H28OS. The quantitative estimate of drug-likeness (QED) is 0.710. The van der Waals surface area contributed by atoms with Gasteiger partial charge in [0.05, 0.1) is 5.75 Å². The summed E-state index contributed by atoms with van der Waals surface area (Å²) in [5.74, 6) is 2.59. The molecule has 104 valence electrons. The second kappa shape index (κ2) is 7.57. The average molecular weight is 268 g/mol. The van der Waals surface area contributed by atoms with Gasteiger partial charge in [-0.15, -0.1) is 0 Å². The van der Waals surface area contributed by atoms with E-state index < -0.39 is 0 Å². The van der Waals surface area contributed by atoms with Crippen LogP contribution >= 0.6 is 11.8 Å². The summed E-state index contributed by atoms with van der Waals surface area (Å²) in [7, 11) is 0. The van der Waals surface area contributed by atoms with Gasteiger partial charge >= 0.3 is 0 Å². The van der Waals surface area contributed by atoms with Crippen LogP contribution in [0.4, 0.5) is 0 Å². The second-order valence-electron chi connectivity index (χ2n) is 6.18. The van der Waals surface area contributed by atoms with E-state index in [0.717, 1.165) is 16.9 Å². The maximum absolute atomic E-state index is 12.3. The normalized spacial score (nSPS) is 30.3. The fourth-order valence-electron chi connectivity index (χ4n) is 3.50. The predicted octanol–water partition coefficient (Wildman–Crippen LogP) is 4.84. The lowest BCUT2D eigenvalue weighted by atomic mass is 9.78. The van der Waals surface area contributed by atoms with E-state index in [4.69, 9.17) is 0 Å². The molecule has 2 heteroatoms. The van der Waals surface area contributed by atoms with Crippen molar-refractivity contribution < 1.29 is 4.79 Å². The summed E-state index contributed by atoms with van der Waals surface area (Å²) in [5, 5.41) is 0.785. The van der Waals surface area contributed by atoms with E-state index in [0.29, 0.717) is 11.7 Å². The first-order valence-corrected chi connectivity index (χ1v) is 8.98. The van der Waals surface area contributed by atoms with Crippen molar-refractivity contribution in [2.24, 2.45) is 11.8 Å². The van der Waals surface area contributed by atoms with Crippen LogP contribution < -0.4 is 0 Å². The van der Waals surface area contributed by atoms with Crippen LogP contribution in [0.1, 0.15) is 71.1 Å². The highest BCUT2D eigenvalue weighted by Crippen LogP contribution is 2.34. The highest BCUT2D eigenvalue weighted by atomic mass is 32.2. The number of Topliss-reactive ketones (excluding diaryl/α,β-unsaturated/α-hetero) is 1. The number of carbonyl (C=O) groups excluding carboxylic acids is 1. The van der Waals surface area contributed by atoms with E-state index >= 15 is 0 Å². The molecule has 0 aromatic heterocycles. The van der Waals surface area contributed by atoms with E-state index in [1.54, 1.807) is 0 Å². The monoisotopic (exact) mass is 268 g/mol. The zero-order valence-electron chi connectivity index (χ0n) is 11.8. The molecule has 0 aliphatic heterocycles. The minimum atomic E-state index is 0.403. The molecular weight excluding hydrogens is 240 g/mol. The summed E-state index contributed by atoms with van der Waals surface area (Å²) in [6, 6.07) is 0. The topological polar surface area (TPSA) is 17.1 Å². The molecule has 0 spiro atoms. The Balaban J connectivity index is 1.70. The van der Waals surface area contributed by atoms with Crippen LogP contribution in [0.25, 0.3) is 0 Å². The molecule has 2 aliphatic rings. The van der Waals surface area contributed by atoms with Gasteiger partial charge in [-0.3, -0.25) is 4.79 Å². The molecule has 1 nitrogen and oxygen atoms in total. The van der Waals surface area contributed by atoms with Crippen molar-refractivity contribution in [3.63, 3.8) is 0 Å². The minimum Gasteiger partial charge on any atom is -0.298 e. The lowest BCUT2D eigenvalue weighted by Gasteiger charge is -2.28. The summed E-state index contributed by atoms with van der Waals surface area (Å²) in [4.78, 5) is 12.3. The van der Waals surface area contributed by atoms with Crippen LogP contribution in [0.5, 0.6) is 0 Å². The largest absolute Gasteiger partial charge is 0.298 e. The van der Waals surface area contributed by atoms with Gasteiger partial charge in [-0.1, -0.05) is 45.4 Å². The fourth-order valence-corrected chi connectivity index (χ4v) is 4.81. The third-order valence-corrected chi connectivity index (χ3v) is 6.22. The zero-order chi connectivity index (χ0) is 12.8. The van der Waals surface area contributed by atoms with Crippen LogP contribution in [-0.4, -0.2) is 16.8 Å². The molecule has 2 saturated carbocycles. The number of thioether (sulfide) groups is 1. The number of hydrogen-bond donors (Lipinski definition) is 0. The minimum absolute atomic E-state index is 0.403. The van der Waals surface area contributed by atoms with Crippen molar-refractivity contribution >= 4 is 17.5 Å². The molecule has 0 N–H and O–H groups in total. The van der Waals surface area contributed by atoms with E-state index in [1.165, 1.54) is 64.2 Å². The molecule has 2 atom stereocenters. The molecule has 0 saturated heterocycles. The second-order valence-corrected chi connectivity index (χ2v) is 7.46. The highest BCUT2D eigenvalue weighted by molar-refractivity contribution is 8.00. The average Bonchev–Trinajstić information content (AvgIpc) is 2.46. The van der Waals surface area contributed by atoms with E-state index in [1.807, 2.05) is 11.8 Å². The van der Waals surface area contributed by atoms with Gasteiger partial charge in [-0.05, 0) is 31.6 Å². The van der Waals surface area contributed by atoms with Gasteiger partial charge in [0, 0.05) is 11.2 Å². The zero-order valence-corrected chi connectivity index (χ0v) is 12.6. The van der Waals surface area contributed by atoms with Crippen molar-refractivity contribution in [1.82, 2.24) is 0 Å². The summed E-state index contributed by atoms with van der Waals surface area (Å²) < 4.78 is 0. The molecule has 0 aromatic carbocycles. The van der Waals surface area contributed by atoms with Crippen molar-refractivity contribution in [2.45, 2.75) is 76.4 Å². The molecule has 0 radical (unpaired) electrons. The Bertz CT molecular complexity index is 258. The third kappa shape index (κ3) is 4.29. The lowest BCUT2D eigenvalue weighted by molar-refractivity contribution is -0.121. The van der Waals surface area contributed by atoms with Crippen LogP contribution in [0.3, 0.4) is 0 Å². The molecule has 18 heavy (non-hydrogen) atoms. The van der Waals surface area contributed by atoms with E-state index in [9.17, 15) is 4.79 Å². The van der Waals surface area contributed by atoms with Gasteiger partial charge < -0.3 is 0 Å². The highest BCUT2D eigenvalue weighted by Gasteiger charge is 2.26. The summed E-state index contributed by atoms with van der Waals surface area (Å²) in [5.41, 5.74) is 0. The lowest BCUT2D eigenvalue weighted by Crippen LogP contribution is -2.25. The summed E-state index contributed by atoms with van der Waals surface area (Å²) in [6.07, 6.45) is 13.1. The van der Waals surface area contributed by atoms with Crippen molar-refractivity contribution in [3.05, 3.63) is 0 Å². The molecule has 0 amide bonds. The fraction of sp³-hybridized carbons (Fsp3) is 0.938. The molecule has 2 aliphatic carbocycles. The SMILES string of the molecule is CCC1CCCC(C(=O)CSC2CCCCC2)C1. The molecule has 0 bridgehead atoms. The number of rotatable bonds is 5. The Hall–Kier alpha value is 0.0200. The molecule has 0 heterocycles. The van der Waals surface area contributed by atoms with Gasteiger partial charge in [-0.2, -0.15) is 11.8 Å². The molecule has 0 aromatic rings. The Morgan fingerprint density at radius 2 is 1.83 bits per heavy atom. The Labute approximate surface area is 116 Å². The van der Waals surface area contributed by atoms with E-state index in [2.05, 4.69) is 6.92 Å². The smallest absolute Gasteiger partial charge is 0.145 e. The molecule has 2 fully saturated rings. The number of hydrogen-bond acceptors (Lipinski definition) is 2. The maximum atomic E-state index is 12.3. The van der Waals surface area contributed by atoms with Gasteiger partial charge in [0.1, 0.15) is 5.78 Å². The van der Waals surface area contributed by atoms with Gasteiger partial charge in [-0.25, -0.2) is 0 Å². The van der Waals surface area contributed by atoms with Gasteiger partial charge in [0.2, 0.25) is 0 Å². The first kappa shape index (κ1) is 14.4. The summed E-state index contributed by atoms with van der Waals surface area (Å²) >= 11 is 1.96. The first-order valence-electron chi connectivity index (χ1n) is 7.94. The Morgan fingerprint density at radius 3 is 2.56 bits per heavy atom. The summed E-state index contributed by atoms with van der Waals surface area (Å²) in [6.45, 7) is 2.27. The van der Waals surface area contributed by atoms with Crippen molar-refractivity contribution in [2.75, 3.05) is 5.75 Å². The van der Waals surface area contributed by atoms with Crippen molar-refractivity contribution in [1.29, 1.82) is 0 Å². The van der Waals surface area contributed by atoms with Gasteiger partial charge in [0.25, 0.3) is 0 Å². The predicted molar refractivity (Wildman–Crippen MR) is 80.1 cm³/mol. The Morgan fingerprint density at radius 1 is 1.06 bits per heavy atom. The molecule has 2 rings (SSSR count). The van der Waals surface area contributed by atoms with Crippen LogP contribution in [-0.2, 0) is 4.79 Å². The third-order valence-electron chi connectivity index (χ3n) is 4.83. The van der Waals surface area contributed by atoms with Crippen LogP contribution in [0.15, 0.2) is 0 Å². The number of carbonyl (C=O) groups is 1. The first-order chi connectivity index (χ1) is 8.79. The van der Waals surface area contributed by atoms with Crippen LogP contribution in [0, 0.1) is 11.8 Å². The Kier molecular flexibility index (Phi) is 6.07. The maximum Gasteiger partial charge on any atom is 0.145 e. The van der Waals surface area contributed by atoms with E-state index in [-0.39, 0.29) is 0 Å². The number of ketones is 1. The van der Waals surface area contributed by atoms with Crippen LogP contribution in [0.2, 0.25) is 0 Å². The molecule has 2 unspecified atom stereocenters.